The summed E-state index contributed by atoms with van der Waals surface area (Å²) in [7, 11) is 2.01. The lowest BCUT2D eigenvalue weighted by Crippen LogP contribution is -2.36. The van der Waals surface area contributed by atoms with Gasteiger partial charge in [0.05, 0.1) is 13.2 Å². The topological polar surface area (TPSA) is 50.9 Å². The molecule has 0 saturated heterocycles. The molecule has 1 aliphatic rings. The Hall–Kier alpha value is -0.0400. The summed E-state index contributed by atoms with van der Waals surface area (Å²) in [6, 6.07) is 0.634. The smallest absolute Gasteiger partial charge is 0.191 e. The zero-order valence-corrected chi connectivity index (χ0v) is 12.6. The van der Waals surface area contributed by atoms with Gasteiger partial charge in [0.2, 0.25) is 0 Å². The van der Waals surface area contributed by atoms with Crippen LogP contribution < -0.4 is 5.73 Å². The van der Waals surface area contributed by atoms with Gasteiger partial charge in [-0.2, -0.15) is 0 Å². The molecule has 0 spiro atoms. The molecule has 1 fully saturated rings. The Morgan fingerprint density at radius 3 is 2.69 bits per heavy atom. The minimum Gasteiger partial charge on any atom is -0.380 e. The van der Waals surface area contributed by atoms with E-state index in [9.17, 15) is 0 Å². The van der Waals surface area contributed by atoms with Crippen LogP contribution in [0.4, 0.5) is 0 Å². The van der Waals surface area contributed by atoms with E-state index >= 15 is 0 Å². The lowest BCUT2D eigenvalue weighted by molar-refractivity contribution is 0.138. The molecule has 4 nitrogen and oxygen atoms in total. The van der Waals surface area contributed by atoms with Crippen LogP contribution in [0.1, 0.15) is 32.6 Å². The highest BCUT2D eigenvalue weighted by Crippen LogP contribution is 2.24. The van der Waals surface area contributed by atoms with Crippen molar-refractivity contribution in [2.75, 3.05) is 26.8 Å². The third-order valence-electron chi connectivity index (χ3n) is 2.61. The molecular weight excluding hydrogens is 317 g/mol. The van der Waals surface area contributed by atoms with Crippen molar-refractivity contribution in [3.8, 4) is 0 Å². The summed E-state index contributed by atoms with van der Waals surface area (Å²) >= 11 is 0. The molecule has 0 radical (unpaired) electrons. The molecule has 2 N–H and O–H groups in total. The molecule has 0 aromatic heterocycles. The number of hydrogen-bond acceptors (Lipinski definition) is 2. The molecule has 1 rings (SSSR count). The van der Waals surface area contributed by atoms with E-state index in [2.05, 4.69) is 16.8 Å². The maximum atomic E-state index is 5.82. The van der Waals surface area contributed by atoms with Crippen LogP contribution >= 0.6 is 24.0 Å². The fourth-order valence-corrected chi connectivity index (χ4v) is 1.33. The van der Waals surface area contributed by atoms with Crippen LogP contribution in [-0.2, 0) is 4.74 Å². The van der Waals surface area contributed by atoms with Crippen molar-refractivity contribution in [1.29, 1.82) is 0 Å². The van der Waals surface area contributed by atoms with Gasteiger partial charge in [0.1, 0.15) is 0 Å². The number of aliphatic imine (C=N–C) groups is 1. The molecule has 0 aromatic rings. The first kappa shape index (κ1) is 16.0. The standard InChI is InChI=1S/C11H23N3O.HI/c1-3-4-8-15-9-7-13-11(12)14(2)10-5-6-10;/h10H,3-9H2,1-2H3,(H2,12,13);1H. The fourth-order valence-electron chi connectivity index (χ4n) is 1.33. The first-order chi connectivity index (χ1) is 7.25. The van der Waals surface area contributed by atoms with Crippen molar-refractivity contribution in [3.63, 3.8) is 0 Å². The lowest BCUT2D eigenvalue weighted by Gasteiger charge is -2.16. The number of hydrogen-bond donors (Lipinski definition) is 1. The van der Waals surface area contributed by atoms with Gasteiger partial charge < -0.3 is 15.4 Å². The summed E-state index contributed by atoms with van der Waals surface area (Å²) < 4.78 is 5.40. The van der Waals surface area contributed by atoms with Crippen LogP contribution in [0.5, 0.6) is 0 Å². The highest BCUT2D eigenvalue weighted by atomic mass is 127. The molecule has 0 amide bonds. The molecule has 1 aliphatic carbocycles. The van der Waals surface area contributed by atoms with Gasteiger partial charge in [-0.25, -0.2) is 0 Å². The molecule has 0 atom stereocenters. The van der Waals surface area contributed by atoms with Crippen molar-refractivity contribution in [2.24, 2.45) is 10.7 Å². The number of ether oxygens (including phenoxy) is 1. The third kappa shape index (κ3) is 6.52. The van der Waals surface area contributed by atoms with E-state index in [1.165, 1.54) is 19.3 Å². The normalized spacial score (nSPS) is 15.8. The van der Waals surface area contributed by atoms with Crippen LogP contribution in [-0.4, -0.2) is 43.7 Å². The molecule has 0 unspecified atom stereocenters. The molecule has 0 heterocycles. The largest absolute Gasteiger partial charge is 0.380 e. The van der Waals surface area contributed by atoms with E-state index in [1.54, 1.807) is 0 Å². The van der Waals surface area contributed by atoms with Crippen LogP contribution in [0.15, 0.2) is 4.99 Å². The van der Waals surface area contributed by atoms with Crippen molar-refractivity contribution >= 4 is 29.9 Å². The number of guanidine groups is 1. The predicted molar refractivity (Wildman–Crippen MR) is 78.4 cm³/mol. The maximum absolute atomic E-state index is 5.82. The van der Waals surface area contributed by atoms with Crippen molar-refractivity contribution in [3.05, 3.63) is 0 Å². The van der Waals surface area contributed by atoms with Gasteiger partial charge in [-0.05, 0) is 19.3 Å². The molecule has 1 saturated carbocycles. The van der Waals surface area contributed by atoms with E-state index < -0.39 is 0 Å². The summed E-state index contributed by atoms with van der Waals surface area (Å²) in [5, 5.41) is 0. The van der Waals surface area contributed by atoms with Gasteiger partial charge in [0.15, 0.2) is 5.96 Å². The second-order valence-corrected chi connectivity index (χ2v) is 4.05. The average molecular weight is 341 g/mol. The van der Waals surface area contributed by atoms with Gasteiger partial charge in [-0.1, -0.05) is 13.3 Å². The molecule has 5 heteroatoms. The van der Waals surface area contributed by atoms with Gasteiger partial charge >= 0.3 is 0 Å². The van der Waals surface area contributed by atoms with Crippen LogP contribution in [0, 0.1) is 0 Å². The lowest BCUT2D eigenvalue weighted by atomic mass is 10.4. The van der Waals surface area contributed by atoms with Crippen LogP contribution in [0.2, 0.25) is 0 Å². The number of halogens is 1. The summed E-state index contributed by atoms with van der Waals surface area (Å²) in [4.78, 5) is 6.34. The van der Waals surface area contributed by atoms with E-state index in [0.717, 1.165) is 13.0 Å². The number of rotatable bonds is 7. The molecule has 16 heavy (non-hydrogen) atoms. The summed E-state index contributed by atoms with van der Waals surface area (Å²) in [5.41, 5.74) is 5.82. The van der Waals surface area contributed by atoms with Gasteiger partial charge in [-0.15, -0.1) is 24.0 Å². The summed E-state index contributed by atoms with van der Waals surface area (Å²) in [6.07, 6.45) is 4.80. The minimum absolute atomic E-state index is 0. The van der Waals surface area contributed by atoms with Gasteiger partial charge in [0.25, 0.3) is 0 Å². The number of unbranched alkanes of at least 4 members (excludes halogenated alkanes) is 1. The van der Waals surface area contributed by atoms with Gasteiger partial charge in [0, 0.05) is 19.7 Å². The zero-order valence-electron chi connectivity index (χ0n) is 10.3. The Morgan fingerprint density at radius 2 is 2.12 bits per heavy atom. The summed E-state index contributed by atoms with van der Waals surface area (Å²) in [5.74, 6) is 0.650. The molecule has 96 valence electrons. The molecule has 0 aromatic carbocycles. The summed E-state index contributed by atoms with van der Waals surface area (Å²) in [6.45, 7) is 4.35. The Kier molecular flexibility index (Phi) is 9.02. The highest BCUT2D eigenvalue weighted by molar-refractivity contribution is 14.0. The Labute approximate surface area is 116 Å². The predicted octanol–water partition coefficient (Wildman–Crippen LogP) is 1.83. The van der Waals surface area contributed by atoms with E-state index in [4.69, 9.17) is 10.5 Å². The minimum atomic E-state index is 0. The second kappa shape index (κ2) is 9.04. The molecular formula is C11H24IN3O. The van der Waals surface area contributed by atoms with Crippen molar-refractivity contribution in [1.82, 2.24) is 4.90 Å². The first-order valence-electron chi connectivity index (χ1n) is 5.86. The highest BCUT2D eigenvalue weighted by Gasteiger charge is 2.27. The van der Waals surface area contributed by atoms with E-state index in [-0.39, 0.29) is 24.0 Å². The van der Waals surface area contributed by atoms with Gasteiger partial charge in [-0.3, -0.25) is 4.99 Å². The Bertz CT molecular complexity index is 207. The quantitative estimate of drug-likeness (QED) is 0.333. The van der Waals surface area contributed by atoms with Crippen molar-refractivity contribution < 1.29 is 4.74 Å². The first-order valence-corrected chi connectivity index (χ1v) is 5.86. The fraction of sp³-hybridized carbons (Fsp3) is 0.909. The van der Waals surface area contributed by atoms with Crippen LogP contribution in [0.25, 0.3) is 0 Å². The third-order valence-corrected chi connectivity index (χ3v) is 2.61. The Morgan fingerprint density at radius 1 is 1.44 bits per heavy atom. The Balaban J connectivity index is 0.00000225. The van der Waals surface area contributed by atoms with E-state index in [0.29, 0.717) is 25.2 Å². The van der Waals surface area contributed by atoms with E-state index in [1.807, 2.05) is 7.05 Å². The second-order valence-electron chi connectivity index (χ2n) is 4.05. The van der Waals surface area contributed by atoms with Crippen LogP contribution in [0.3, 0.4) is 0 Å². The zero-order chi connectivity index (χ0) is 11.1. The molecule has 0 bridgehead atoms. The monoisotopic (exact) mass is 341 g/mol. The van der Waals surface area contributed by atoms with Crippen molar-refractivity contribution in [2.45, 2.75) is 38.6 Å². The maximum Gasteiger partial charge on any atom is 0.191 e. The SMILES string of the molecule is CCCCOCCN=C(N)N(C)C1CC1.I. The average Bonchev–Trinajstić information content (AvgIpc) is 3.05. The number of nitrogens with two attached hydrogens (primary N) is 1. The molecule has 0 aliphatic heterocycles. The number of nitrogens with zero attached hydrogens (tertiary/aromatic N) is 2.